The molecule has 0 N–H and O–H groups in total. The van der Waals surface area contributed by atoms with Crippen LogP contribution in [0.2, 0.25) is 0 Å². The van der Waals surface area contributed by atoms with Crippen molar-refractivity contribution in [2.45, 2.75) is 52.1 Å². The molecule has 15 heavy (non-hydrogen) atoms. The SMILES string of the molecule is CCC(N1CCCCC1)N1CCC(C)C1. The molecular formula is C13H26N2. The molecular weight excluding hydrogens is 184 g/mol. The smallest absolute Gasteiger partial charge is 0.0619 e. The summed E-state index contributed by atoms with van der Waals surface area (Å²) in [5.74, 6) is 0.920. The first kappa shape index (κ1) is 11.4. The Morgan fingerprint density at radius 1 is 1.07 bits per heavy atom. The molecule has 0 aromatic heterocycles. The van der Waals surface area contributed by atoms with E-state index in [-0.39, 0.29) is 0 Å². The molecule has 2 aliphatic rings. The summed E-state index contributed by atoms with van der Waals surface area (Å²) in [4.78, 5) is 5.44. The molecule has 0 aliphatic carbocycles. The summed E-state index contributed by atoms with van der Waals surface area (Å²) in [6.07, 6.45) is 7.73. The van der Waals surface area contributed by atoms with E-state index < -0.39 is 0 Å². The van der Waals surface area contributed by atoms with Crippen molar-refractivity contribution in [2.75, 3.05) is 26.2 Å². The maximum Gasteiger partial charge on any atom is 0.0619 e. The van der Waals surface area contributed by atoms with Gasteiger partial charge in [0.05, 0.1) is 6.17 Å². The zero-order chi connectivity index (χ0) is 10.7. The van der Waals surface area contributed by atoms with Crippen LogP contribution in [0.4, 0.5) is 0 Å². The van der Waals surface area contributed by atoms with Crippen molar-refractivity contribution in [3.8, 4) is 0 Å². The van der Waals surface area contributed by atoms with Crippen LogP contribution in [0, 0.1) is 5.92 Å². The normalized spacial score (nSPS) is 32.0. The lowest BCUT2D eigenvalue weighted by Crippen LogP contribution is -2.49. The van der Waals surface area contributed by atoms with Crippen LogP contribution in [0.1, 0.15) is 46.0 Å². The van der Waals surface area contributed by atoms with E-state index in [0.717, 1.165) is 12.1 Å². The number of rotatable bonds is 3. The highest BCUT2D eigenvalue weighted by atomic mass is 15.4. The van der Waals surface area contributed by atoms with Crippen LogP contribution in [-0.2, 0) is 0 Å². The maximum atomic E-state index is 2.72. The summed E-state index contributed by atoms with van der Waals surface area (Å²) < 4.78 is 0. The van der Waals surface area contributed by atoms with Gasteiger partial charge in [-0.15, -0.1) is 0 Å². The van der Waals surface area contributed by atoms with Gasteiger partial charge in [0.25, 0.3) is 0 Å². The van der Waals surface area contributed by atoms with E-state index in [1.165, 1.54) is 58.3 Å². The zero-order valence-electron chi connectivity index (χ0n) is 10.4. The van der Waals surface area contributed by atoms with E-state index >= 15 is 0 Å². The van der Waals surface area contributed by atoms with Crippen LogP contribution in [0.25, 0.3) is 0 Å². The molecule has 2 unspecified atom stereocenters. The molecule has 88 valence electrons. The Morgan fingerprint density at radius 3 is 2.33 bits per heavy atom. The number of nitrogens with zero attached hydrogens (tertiary/aromatic N) is 2. The van der Waals surface area contributed by atoms with E-state index in [2.05, 4.69) is 23.6 Å². The molecule has 0 amide bonds. The molecule has 2 heterocycles. The van der Waals surface area contributed by atoms with Crippen LogP contribution in [0.3, 0.4) is 0 Å². The second-order valence-electron chi connectivity index (χ2n) is 5.37. The summed E-state index contributed by atoms with van der Waals surface area (Å²) in [6.45, 7) is 10.1. The van der Waals surface area contributed by atoms with Crippen molar-refractivity contribution in [1.82, 2.24) is 9.80 Å². The van der Waals surface area contributed by atoms with Crippen LogP contribution in [0.5, 0.6) is 0 Å². The molecule has 2 heteroatoms. The highest BCUT2D eigenvalue weighted by molar-refractivity contribution is 4.81. The molecule has 2 atom stereocenters. The average molecular weight is 210 g/mol. The van der Waals surface area contributed by atoms with E-state index in [4.69, 9.17) is 0 Å². The maximum absolute atomic E-state index is 2.72. The molecule has 2 rings (SSSR count). The summed E-state index contributed by atoms with van der Waals surface area (Å²) in [5, 5.41) is 0. The van der Waals surface area contributed by atoms with E-state index in [9.17, 15) is 0 Å². The van der Waals surface area contributed by atoms with Crippen LogP contribution in [-0.4, -0.2) is 42.1 Å². The van der Waals surface area contributed by atoms with Gasteiger partial charge in [0, 0.05) is 6.54 Å². The lowest BCUT2D eigenvalue weighted by Gasteiger charge is -2.39. The third-order valence-corrected chi connectivity index (χ3v) is 4.05. The van der Waals surface area contributed by atoms with E-state index in [1.54, 1.807) is 0 Å². The average Bonchev–Trinajstić information content (AvgIpc) is 2.68. The molecule has 0 radical (unpaired) electrons. The van der Waals surface area contributed by atoms with Gasteiger partial charge in [0.2, 0.25) is 0 Å². The molecule has 2 nitrogen and oxygen atoms in total. The molecule has 0 spiro atoms. The van der Waals surface area contributed by atoms with Crippen molar-refractivity contribution in [3.05, 3.63) is 0 Å². The summed E-state index contributed by atoms with van der Waals surface area (Å²) in [6, 6.07) is 0. The fourth-order valence-electron chi connectivity index (χ4n) is 3.20. The third-order valence-electron chi connectivity index (χ3n) is 4.05. The lowest BCUT2D eigenvalue weighted by molar-refractivity contribution is 0.0395. The predicted molar refractivity (Wildman–Crippen MR) is 64.9 cm³/mol. The summed E-state index contributed by atoms with van der Waals surface area (Å²) in [7, 11) is 0. The molecule has 2 fully saturated rings. The van der Waals surface area contributed by atoms with Crippen molar-refractivity contribution in [3.63, 3.8) is 0 Å². The van der Waals surface area contributed by atoms with E-state index in [0.29, 0.717) is 0 Å². The molecule has 0 aromatic carbocycles. The Hall–Kier alpha value is -0.0800. The second-order valence-corrected chi connectivity index (χ2v) is 5.37. The monoisotopic (exact) mass is 210 g/mol. The van der Waals surface area contributed by atoms with Gasteiger partial charge in [-0.3, -0.25) is 9.80 Å². The van der Waals surface area contributed by atoms with Gasteiger partial charge >= 0.3 is 0 Å². The van der Waals surface area contributed by atoms with Gasteiger partial charge in [0.15, 0.2) is 0 Å². The molecule has 0 bridgehead atoms. The standard InChI is InChI=1S/C13H26N2/c1-3-13(14-8-5-4-6-9-14)15-10-7-12(2)11-15/h12-13H,3-11H2,1-2H3. The first-order valence-corrected chi connectivity index (χ1v) is 6.79. The van der Waals surface area contributed by atoms with Crippen molar-refractivity contribution in [1.29, 1.82) is 0 Å². The van der Waals surface area contributed by atoms with Crippen molar-refractivity contribution >= 4 is 0 Å². The van der Waals surface area contributed by atoms with Crippen LogP contribution in [0.15, 0.2) is 0 Å². The van der Waals surface area contributed by atoms with Gasteiger partial charge in [-0.1, -0.05) is 20.3 Å². The fraction of sp³-hybridized carbons (Fsp3) is 1.00. The number of piperidine rings is 1. The Kier molecular flexibility index (Phi) is 4.04. The largest absolute Gasteiger partial charge is 0.288 e. The minimum absolute atomic E-state index is 0.746. The first-order chi connectivity index (χ1) is 7.31. The summed E-state index contributed by atoms with van der Waals surface area (Å²) >= 11 is 0. The topological polar surface area (TPSA) is 6.48 Å². The van der Waals surface area contributed by atoms with Gasteiger partial charge in [0.1, 0.15) is 0 Å². The first-order valence-electron chi connectivity index (χ1n) is 6.79. The minimum atomic E-state index is 0.746. The van der Waals surface area contributed by atoms with Gasteiger partial charge in [-0.05, 0) is 51.2 Å². The van der Waals surface area contributed by atoms with Crippen molar-refractivity contribution in [2.24, 2.45) is 5.92 Å². The Labute approximate surface area is 94.6 Å². The second kappa shape index (κ2) is 5.31. The minimum Gasteiger partial charge on any atom is -0.288 e. The quantitative estimate of drug-likeness (QED) is 0.706. The molecule has 2 saturated heterocycles. The lowest BCUT2D eigenvalue weighted by atomic mass is 10.1. The Balaban J connectivity index is 1.90. The fourth-order valence-corrected chi connectivity index (χ4v) is 3.20. The van der Waals surface area contributed by atoms with Gasteiger partial charge in [-0.25, -0.2) is 0 Å². The number of hydrogen-bond donors (Lipinski definition) is 0. The van der Waals surface area contributed by atoms with Crippen LogP contribution >= 0.6 is 0 Å². The molecule has 0 aromatic rings. The molecule has 2 aliphatic heterocycles. The predicted octanol–water partition coefficient (Wildman–Crippen LogP) is 2.55. The summed E-state index contributed by atoms with van der Waals surface area (Å²) in [5.41, 5.74) is 0. The Bertz CT molecular complexity index is 182. The van der Waals surface area contributed by atoms with Gasteiger partial charge in [-0.2, -0.15) is 0 Å². The zero-order valence-corrected chi connectivity index (χ0v) is 10.4. The molecule has 0 saturated carbocycles. The third kappa shape index (κ3) is 2.73. The number of hydrogen-bond acceptors (Lipinski definition) is 2. The highest BCUT2D eigenvalue weighted by Crippen LogP contribution is 2.23. The van der Waals surface area contributed by atoms with Crippen LogP contribution < -0.4 is 0 Å². The van der Waals surface area contributed by atoms with E-state index in [1.807, 2.05) is 0 Å². The highest BCUT2D eigenvalue weighted by Gasteiger charge is 2.29. The van der Waals surface area contributed by atoms with Gasteiger partial charge < -0.3 is 0 Å². The number of likely N-dealkylation sites (tertiary alicyclic amines) is 2. The Morgan fingerprint density at radius 2 is 1.80 bits per heavy atom. The van der Waals surface area contributed by atoms with Crippen molar-refractivity contribution < 1.29 is 0 Å².